The second-order valence-corrected chi connectivity index (χ2v) is 4.45. The fourth-order valence-electron chi connectivity index (χ4n) is 2.02. The van der Waals surface area contributed by atoms with Gasteiger partial charge in [0.25, 0.3) is 0 Å². The highest BCUT2D eigenvalue weighted by atomic mass is 19.4. The summed E-state index contributed by atoms with van der Waals surface area (Å²) in [6.45, 7) is 0.450. The molecule has 7 heteroatoms. The lowest BCUT2D eigenvalue weighted by Gasteiger charge is -2.33. The molecule has 1 amide bonds. The van der Waals surface area contributed by atoms with Crippen LogP contribution in [-0.2, 0) is 4.79 Å². The van der Waals surface area contributed by atoms with E-state index in [-0.39, 0.29) is 18.4 Å². The van der Waals surface area contributed by atoms with Crippen molar-refractivity contribution < 1.29 is 18.0 Å². The van der Waals surface area contributed by atoms with Crippen LogP contribution in [0.1, 0.15) is 12.8 Å². The average molecular weight is 253 g/mol. The van der Waals surface area contributed by atoms with Gasteiger partial charge in [0, 0.05) is 19.0 Å². The molecular formula is C10H18F3N3O. The first-order valence-corrected chi connectivity index (χ1v) is 5.63. The van der Waals surface area contributed by atoms with Gasteiger partial charge in [-0.05, 0) is 25.9 Å². The molecule has 4 nitrogen and oxygen atoms in total. The zero-order valence-corrected chi connectivity index (χ0v) is 9.54. The molecule has 0 spiro atoms. The van der Waals surface area contributed by atoms with Crippen LogP contribution in [0, 0.1) is 11.8 Å². The molecule has 100 valence electrons. The van der Waals surface area contributed by atoms with Gasteiger partial charge in [0.2, 0.25) is 5.91 Å². The van der Waals surface area contributed by atoms with Crippen molar-refractivity contribution in [3.05, 3.63) is 0 Å². The summed E-state index contributed by atoms with van der Waals surface area (Å²) in [6, 6.07) is 0. The number of piperidine rings is 1. The molecule has 0 aromatic rings. The molecule has 1 rings (SSSR count). The minimum absolute atomic E-state index is 0.0918. The minimum atomic E-state index is -4.25. The first kappa shape index (κ1) is 14.2. The molecule has 1 atom stereocenters. The molecule has 1 unspecified atom stereocenters. The van der Waals surface area contributed by atoms with E-state index >= 15 is 0 Å². The molecule has 17 heavy (non-hydrogen) atoms. The first-order chi connectivity index (χ1) is 7.84. The summed E-state index contributed by atoms with van der Waals surface area (Å²) in [5, 5.41) is 0. The van der Waals surface area contributed by atoms with E-state index in [4.69, 9.17) is 11.5 Å². The van der Waals surface area contributed by atoms with Gasteiger partial charge in [-0.3, -0.25) is 4.79 Å². The Morgan fingerprint density at radius 1 is 1.35 bits per heavy atom. The third-order valence-corrected chi connectivity index (χ3v) is 3.22. The molecular weight excluding hydrogens is 235 g/mol. The van der Waals surface area contributed by atoms with Gasteiger partial charge in [0.05, 0.1) is 5.92 Å². The van der Waals surface area contributed by atoms with E-state index < -0.39 is 18.6 Å². The van der Waals surface area contributed by atoms with Gasteiger partial charge in [0.1, 0.15) is 0 Å². The van der Waals surface area contributed by atoms with Crippen LogP contribution >= 0.6 is 0 Å². The highest BCUT2D eigenvalue weighted by Crippen LogP contribution is 2.27. The fourth-order valence-corrected chi connectivity index (χ4v) is 2.02. The lowest BCUT2D eigenvalue weighted by atomic mass is 9.95. The number of nitrogens with zero attached hydrogens (tertiary/aromatic N) is 1. The standard InChI is InChI=1S/C10H18F3N3O/c11-10(12,13)8(5-14)6-16-3-1-7(2-4-16)9(15)17/h7-8H,1-6,14H2,(H2,15,17). The van der Waals surface area contributed by atoms with E-state index in [9.17, 15) is 18.0 Å². The summed E-state index contributed by atoms with van der Waals surface area (Å²) >= 11 is 0. The minimum Gasteiger partial charge on any atom is -0.369 e. The molecule has 0 bridgehead atoms. The number of hydrogen-bond acceptors (Lipinski definition) is 3. The molecule has 1 saturated heterocycles. The highest BCUT2D eigenvalue weighted by molar-refractivity contribution is 5.76. The molecule has 0 saturated carbocycles. The lowest BCUT2D eigenvalue weighted by molar-refractivity contribution is -0.177. The number of hydrogen-bond donors (Lipinski definition) is 2. The average Bonchev–Trinajstić information content (AvgIpc) is 2.24. The van der Waals surface area contributed by atoms with Crippen molar-refractivity contribution in [1.29, 1.82) is 0 Å². The lowest BCUT2D eigenvalue weighted by Crippen LogP contribution is -2.45. The SMILES string of the molecule is NCC(CN1CCC(C(N)=O)CC1)C(F)(F)F. The Kier molecular flexibility index (Phi) is 4.76. The van der Waals surface area contributed by atoms with E-state index in [2.05, 4.69) is 0 Å². The summed E-state index contributed by atoms with van der Waals surface area (Å²) in [6.07, 6.45) is -3.19. The number of carbonyl (C=O) groups is 1. The van der Waals surface area contributed by atoms with Crippen molar-refractivity contribution in [2.75, 3.05) is 26.2 Å². The van der Waals surface area contributed by atoms with E-state index in [0.29, 0.717) is 25.9 Å². The van der Waals surface area contributed by atoms with Crippen molar-refractivity contribution in [3.63, 3.8) is 0 Å². The second-order valence-electron chi connectivity index (χ2n) is 4.45. The Labute approximate surface area is 98.1 Å². The van der Waals surface area contributed by atoms with Crippen LogP contribution in [0.25, 0.3) is 0 Å². The predicted octanol–water partition coefficient (Wildman–Crippen LogP) is 0.321. The molecule has 0 aromatic heterocycles. The van der Waals surface area contributed by atoms with E-state index in [1.807, 2.05) is 0 Å². The van der Waals surface area contributed by atoms with Crippen LogP contribution in [0.15, 0.2) is 0 Å². The van der Waals surface area contributed by atoms with Gasteiger partial charge in [-0.15, -0.1) is 0 Å². The Bertz CT molecular complexity index is 262. The van der Waals surface area contributed by atoms with Gasteiger partial charge in [-0.25, -0.2) is 0 Å². The third-order valence-electron chi connectivity index (χ3n) is 3.22. The Balaban J connectivity index is 2.42. The Morgan fingerprint density at radius 2 is 1.88 bits per heavy atom. The van der Waals surface area contributed by atoms with Gasteiger partial charge in [0.15, 0.2) is 0 Å². The zero-order chi connectivity index (χ0) is 13.1. The van der Waals surface area contributed by atoms with Crippen molar-refractivity contribution in [3.8, 4) is 0 Å². The van der Waals surface area contributed by atoms with Crippen LogP contribution in [-0.4, -0.2) is 43.2 Å². The summed E-state index contributed by atoms with van der Waals surface area (Å²) in [5.41, 5.74) is 10.3. The molecule has 1 aliphatic rings. The summed E-state index contributed by atoms with van der Waals surface area (Å²) in [4.78, 5) is 12.6. The van der Waals surface area contributed by atoms with Crippen LogP contribution in [0.3, 0.4) is 0 Å². The van der Waals surface area contributed by atoms with Crippen molar-refractivity contribution in [2.45, 2.75) is 19.0 Å². The van der Waals surface area contributed by atoms with E-state index in [0.717, 1.165) is 0 Å². The number of carbonyl (C=O) groups excluding carboxylic acids is 1. The van der Waals surface area contributed by atoms with Crippen molar-refractivity contribution >= 4 is 5.91 Å². The van der Waals surface area contributed by atoms with Crippen LogP contribution in [0.5, 0.6) is 0 Å². The molecule has 0 aromatic carbocycles. The monoisotopic (exact) mass is 253 g/mol. The number of halogens is 3. The van der Waals surface area contributed by atoms with Crippen LogP contribution < -0.4 is 11.5 Å². The van der Waals surface area contributed by atoms with Gasteiger partial charge < -0.3 is 16.4 Å². The zero-order valence-electron chi connectivity index (χ0n) is 9.54. The number of amides is 1. The highest BCUT2D eigenvalue weighted by Gasteiger charge is 2.40. The largest absolute Gasteiger partial charge is 0.394 e. The predicted molar refractivity (Wildman–Crippen MR) is 57.0 cm³/mol. The normalized spacial score (nSPS) is 21.4. The molecule has 1 heterocycles. The summed E-state index contributed by atoms with van der Waals surface area (Å²) in [5.74, 6) is -2.06. The molecule has 0 aliphatic carbocycles. The van der Waals surface area contributed by atoms with E-state index in [1.54, 1.807) is 4.90 Å². The van der Waals surface area contributed by atoms with Gasteiger partial charge >= 0.3 is 6.18 Å². The maximum atomic E-state index is 12.5. The van der Waals surface area contributed by atoms with Gasteiger partial charge in [-0.2, -0.15) is 13.2 Å². The quantitative estimate of drug-likeness (QED) is 0.758. The molecule has 1 aliphatic heterocycles. The van der Waals surface area contributed by atoms with Crippen LogP contribution in [0.2, 0.25) is 0 Å². The van der Waals surface area contributed by atoms with Crippen molar-refractivity contribution in [2.24, 2.45) is 23.3 Å². The van der Waals surface area contributed by atoms with E-state index in [1.165, 1.54) is 0 Å². The third kappa shape index (κ3) is 4.16. The van der Waals surface area contributed by atoms with Crippen LogP contribution in [0.4, 0.5) is 13.2 Å². The fraction of sp³-hybridized carbons (Fsp3) is 0.900. The summed E-state index contributed by atoms with van der Waals surface area (Å²) < 4.78 is 37.5. The summed E-state index contributed by atoms with van der Waals surface area (Å²) in [7, 11) is 0. The number of rotatable bonds is 4. The molecule has 0 radical (unpaired) electrons. The number of nitrogens with two attached hydrogens (primary N) is 2. The maximum Gasteiger partial charge on any atom is 0.394 e. The van der Waals surface area contributed by atoms with Gasteiger partial charge in [-0.1, -0.05) is 0 Å². The molecule has 1 fully saturated rings. The number of likely N-dealkylation sites (tertiary alicyclic amines) is 1. The first-order valence-electron chi connectivity index (χ1n) is 5.63. The maximum absolute atomic E-state index is 12.5. The smallest absolute Gasteiger partial charge is 0.369 e. The topological polar surface area (TPSA) is 72.3 Å². The second kappa shape index (κ2) is 5.68. The molecule has 4 N–H and O–H groups in total. The van der Waals surface area contributed by atoms with Crippen molar-refractivity contribution in [1.82, 2.24) is 4.90 Å². The number of alkyl halides is 3. The Hall–Kier alpha value is -0.820. The number of primary amides is 1. The Morgan fingerprint density at radius 3 is 2.24 bits per heavy atom.